The van der Waals surface area contributed by atoms with Gasteiger partial charge in [-0.3, -0.25) is 9.69 Å². The van der Waals surface area contributed by atoms with E-state index in [1.165, 1.54) is 30.6 Å². The molecule has 3 aromatic rings. The van der Waals surface area contributed by atoms with E-state index in [9.17, 15) is 4.79 Å². The molecule has 5 nitrogen and oxygen atoms in total. The van der Waals surface area contributed by atoms with Crippen LogP contribution in [0.3, 0.4) is 0 Å². The van der Waals surface area contributed by atoms with Gasteiger partial charge >= 0.3 is 0 Å². The van der Waals surface area contributed by atoms with Gasteiger partial charge in [0.1, 0.15) is 0 Å². The zero-order chi connectivity index (χ0) is 19.2. The van der Waals surface area contributed by atoms with Crippen LogP contribution in [0.2, 0.25) is 0 Å². The Morgan fingerprint density at radius 3 is 2.61 bits per heavy atom. The molecule has 28 heavy (non-hydrogen) atoms. The van der Waals surface area contributed by atoms with Crippen LogP contribution in [0, 0.1) is 0 Å². The number of likely N-dealkylation sites (tertiary alicyclic amines) is 1. The standard InChI is InChI=1S/C22H25N3O2S/c26-22(18-15-20(27-24-18)17-9-4-3-5-10-17)23-16-19(21-11-8-14-28-21)25-12-6-1-2-7-13-25/h3-5,8-11,14-15,19H,1-2,6-7,12-13,16H2,(H,23,26). The Morgan fingerprint density at radius 2 is 1.89 bits per heavy atom. The van der Waals surface area contributed by atoms with Crippen LogP contribution in [0.1, 0.15) is 47.1 Å². The number of hydrogen-bond donors (Lipinski definition) is 1. The van der Waals surface area contributed by atoms with Crippen molar-refractivity contribution < 1.29 is 9.32 Å². The first kappa shape index (κ1) is 18.9. The number of hydrogen-bond acceptors (Lipinski definition) is 5. The minimum Gasteiger partial charge on any atom is -0.355 e. The lowest BCUT2D eigenvalue weighted by Gasteiger charge is -2.30. The van der Waals surface area contributed by atoms with Crippen molar-refractivity contribution in [3.63, 3.8) is 0 Å². The van der Waals surface area contributed by atoms with Crippen molar-refractivity contribution in [2.45, 2.75) is 31.7 Å². The second-order valence-electron chi connectivity index (χ2n) is 7.13. The van der Waals surface area contributed by atoms with E-state index in [4.69, 9.17) is 4.52 Å². The minimum atomic E-state index is -0.192. The molecular weight excluding hydrogens is 370 g/mol. The van der Waals surface area contributed by atoms with Gasteiger partial charge in [0.2, 0.25) is 0 Å². The van der Waals surface area contributed by atoms with Gasteiger partial charge in [-0.05, 0) is 37.4 Å². The number of rotatable bonds is 6. The lowest BCUT2D eigenvalue weighted by atomic mass is 10.1. The highest BCUT2D eigenvalue weighted by atomic mass is 32.1. The van der Waals surface area contributed by atoms with Gasteiger partial charge < -0.3 is 9.84 Å². The van der Waals surface area contributed by atoms with Crippen LogP contribution in [0.15, 0.2) is 58.4 Å². The largest absolute Gasteiger partial charge is 0.355 e. The smallest absolute Gasteiger partial charge is 0.273 e. The van der Waals surface area contributed by atoms with Crippen LogP contribution in [0.5, 0.6) is 0 Å². The molecule has 1 aliphatic rings. The maximum atomic E-state index is 12.7. The summed E-state index contributed by atoms with van der Waals surface area (Å²) < 4.78 is 5.36. The van der Waals surface area contributed by atoms with Gasteiger partial charge in [-0.1, -0.05) is 54.4 Å². The summed E-state index contributed by atoms with van der Waals surface area (Å²) >= 11 is 1.75. The topological polar surface area (TPSA) is 58.4 Å². The van der Waals surface area contributed by atoms with Crippen molar-refractivity contribution in [1.29, 1.82) is 0 Å². The maximum absolute atomic E-state index is 12.7. The fraction of sp³-hybridized carbons (Fsp3) is 0.364. The number of carbonyl (C=O) groups is 1. The molecule has 1 N–H and O–H groups in total. The summed E-state index contributed by atoms with van der Waals surface area (Å²) in [7, 11) is 0. The Morgan fingerprint density at radius 1 is 1.11 bits per heavy atom. The molecule has 0 aliphatic carbocycles. The highest BCUT2D eigenvalue weighted by molar-refractivity contribution is 7.10. The number of nitrogens with zero attached hydrogens (tertiary/aromatic N) is 2. The Balaban J connectivity index is 1.43. The number of nitrogens with one attached hydrogen (secondary N) is 1. The summed E-state index contributed by atoms with van der Waals surface area (Å²) in [6.07, 6.45) is 5.03. The molecule has 2 aromatic heterocycles. The normalized spacial score (nSPS) is 16.4. The first-order valence-corrected chi connectivity index (χ1v) is 10.8. The van der Waals surface area contributed by atoms with Crippen molar-refractivity contribution in [3.05, 3.63) is 64.5 Å². The van der Waals surface area contributed by atoms with Crippen LogP contribution in [0.4, 0.5) is 0 Å². The average molecular weight is 396 g/mol. The molecular formula is C22H25N3O2S. The van der Waals surface area contributed by atoms with Crippen LogP contribution in [0.25, 0.3) is 11.3 Å². The van der Waals surface area contributed by atoms with E-state index in [2.05, 4.69) is 32.9 Å². The second kappa shape index (κ2) is 9.17. The average Bonchev–Trinajstić information content (AvgIpc) is 3.37. The Bertz CT molecular complexity index is 868. The second-order valence-corrected chi connectivity index (χ2v) is 8.11. The molecule has 146 valence electrons. The quantitative estimate of drug-likeness (QED) is 0.654. The van der Waals surface area contributed by atoms with Crippen LogP contribution < -0.4 is 5.32 Å². The number of amides is 1. The van der Waals surface area contributed by atoms with Gasteiger partial charge in [0.25, 0.3) is 5.91 Å². The van der Waals surface area contributed by atoms with Gasteiger partial charge in [-0.15, -0.1) is 11.3 Å². The highest BCUT2D eigenvalue weighted by Crippen LogP contribution is 2.27. The van der Waals surface area contributed by atoms with E-state index in [1.54, 1.807) is 17.4 Å². The highest BCUT2D eigenvalue weighted by Gasteiger charge is 2.24. The zero-order valence-corrected chi connectivity index (χ0v) is 16.7. The van der Waals surface area contributed by atoms with Crippen molar-refractivity contribution in [2.24, 2.45) is 0 Å². The predicted molar refractivity (Wildman–Crippen MR) is 111 cm³/mol. The van der Waals surface area contributed by atoms with E-state index in [0.717, 1.165) is 18.7 Å². The molecule has 4 rings (SSSR count). The van der Waals surface area contributed by atoms with E-state index in [1.807, 2.05) is 30.3 Å². The summed E-state index contributed by atoms with van der Waals surface area (Å²) in [5.74, 6) is 0.412. The van der Waals surface area contributed by atoms with Crippen LogP contribution in [-0.4, -0.2) is 35.6 Å². The molecule has 0 saturated carbocycles. The van der Waals surface area contributed by atoms with Crippen molar-refractivity contribution >= 4 is 17.2 Å². The molecule has 1 atom stereocenters. The SMILES string of the molecule is O=C(NCC(c1cccs1)N1CCCCCC1)c1cc(-c2ccccc2)on1. The fourth-order valence-corrected chi connectivity index (χ4v) is 4.56. The molecule has 0 bridgehead atoms. The predicted octanol–water partition coefficient (Wildman–Crippen LogP) is 4.75. The van der Waals surface area contributed by atoms with Gasteiger partial charge in [0, 0.05) is 23.1 Å². The molecule has 1 fully saturated rings. The summed E-state index contributed by atoms with van der Waals surface area (Å²) in [6.45, 7) is 2.74. The first-order valence-electron chi connectivity index (χ1n) is 9.89. The van der Waals surface area contributed by atoms with Crippen LogP contribution in [-0.2, 0) is 0 Å². The Hall–Kier alpha value is -2.44. The molecule has 0 spiro atoms. The number of thiophene rings is 1. The van der Waals surface area contributed by atoms with Gasteiger partial charge in [0.05, 0.1) is 6.04 Å². The van der Waals surface area contributed by atoms with Crippen molar-refractivity contribution in [1.82, 2.24) is 15.4 Å². The molecule has 1 amide bonds. The van der Waals surface area contributed by atoms with Crippen molar-refractivity contribution in [2.75, 3.05) is 19.6 Å². The van der Waals surface area contributed by atoms with E-state index in [-0.39, 0.29) is 11.9 Å². The third-order valence-electron chi connectivity index (χ3n) is 5.21. The van der Waals surface area contributed by atoms with Gasteiger partial charge in [-0.25, -0.2) is 0 Å². The maximum Gasteiger partial charge on any atom is 0.273 e. The van der Waals surface area contributed by atoms with Crippen molar-refractivity contribution in [3.8, 4) is 11.3 Å². The summed E-state index contributed by atoms with van der Waals surface area (Å²) in [5.41, 5.74) is 1.23. The molecule has 1 aromatic carbocycles. The van der Waals surface area contributed by atoms with Gasteiger partial charge in [-0.2, -0.15) is 0 Å². The Kier molecular flexibility index (Phi) is 6.19. The molecule has 1 aliphatic heterocycles. The first-order chi connectivity index (χ1) is 13.8. The third-order valence-corrected chi connectivity index (χ3v) is 6.18. The van der Waals surface area contributed by atoms with E-state index >= 15 is 0 Å². The number of benzene rings is 1. The van der Waals surface area contributed by atoms with Crippen LogP contribution >= 0.6 is 11.3 Å². The minimum absolute atomic E-state index is 0.192. The lowest BCUT2D eigenvalue weighted by molar-refractivity contribution is 0.0925. The summed E-state index contributed by atoms with van der Waals surface area (Å²) in [6, 6.07) is 15.9. The van der Waals surface area contributed by atoms with Gasteiger partial charge in [0.15, 0.2) is 11.5 Å². The third kappa shape index (κ3) is 4.51. The summed E-state index contributed by atoms with van der Waals surface area (Å²) in [4.78, 5) is 16.5. The lowest BCUT2D eigenvalue weighted by Crippen LogP contribution is -2.38. The van der Waals surface area contributed by atoms with E-state index in [0.29, 0.717) is 18.0 Å². The molecule has 6 heteroatoms. The zero-order valence-electron chi connectivity index (χ0n) is 15.8. The number of aromatic nitrogens is 1. The number of carbonyl (C=O) groups excluding carboxylic acids is 1. The molecule has 1 saturated heterocycles. The summed E-state index contributed by atoms with van der Waals surface area (Å²) in [5, 5.41) is 9.14. The van der Waals surface area contributed by atoms with E-state index < -0.39 is 0 Å². The molecule has 0 radical (unpaired) electrons. The fourth-order valence-electron chi connectivity index (χ4n) is 3.70. The Labute approximate surface area is 169 Å². The molecule has 1 unspecified atom stereocenters. The monoisotopic (exact) mass is 395 g/mol. The molecule has 3 heterocycles.